The van der Waals surface area contributed by atoms with Crippen LogP contribution in [0.15, 0.2) is 64.2 Å². The molecule has 2 heterocycles. The van der Waals surface area contributed by atoms with E-state index in [2.05, 4.69) is 38.4 Å². The maximum Gasteiger partial charge on any atom is 0.240 e. The Bertz CT molecular complexity index is 1030. The van der Waals surface area contributed by atoms with Gasteiger partial charge in [-0.05, 0) is 52.3 Å². The van der Waals surface area contributed by atoms with E-state index in [0.717, 1.165) is 37.0 Å². The fraction of sp³-hybridized carbons (Fsp3) is 0.333. The van der Waals surface area contributed by atoms with Crippen molar-refractivity contribution in [3.8, 4) is 0 Å². The highest BCUT2D eigenvalue weighted by molar-refractivity contribution is 7.89. The number of sulfonamides is 1. The van der Waals surface area contributed by atoms with Gasteiger partial charge in [0.25, 0.3) is 0 Å². The fourth-order valence-corrected chi connectivity index (χ4v) is 5.44. The van der Waals surface area contributed by atoms with E-state index in [1.165, 1.54) is 5.56 Å². The zero-order valence-electron chi connectivity index (χ0n) is 15.9. The first-order valence-electron chi connectivity index (χ1n) is 9.46. The predicted molar refractivity (Wildman–Crippen MR) is 115 cm³/mol. The van der Waals surface area contributed by atoms with E-state index in [0.29, 0.717) is 11.4 Å². The highest BCUT2D eigenvalue weighted by Crippen LogP contribution is 2.25. The minimum absolute atomic E-state index is 0.0511. The number of benzene rings is 2. The Labute approximate surface area is 170 Å². The lowest BCUT2D eigenvalue weighted by Crippen LogP contribution is -2.48. The number of nitrogens with one attached hydrogen (secondary N) is 1. The lowest BCUT2D eigenvalue weighted by atomic mass is 10.1. The van der Waals surface area contributed by atoms with Crippen LogP contribution in [0.2, 0.25) is 0 Å². The average molecular weight is 416 g/mol. The average Bonchev–Trinajstić information content (AvgIpc) is 3.23. The second-order valence-electron chi connectivity index (χ2n) is 7.27. The normalized spacial score (nSPS) is 17.8. The fourth-order valence-electron chi connectivity index (χ4n) is 3.66. The van der Waals surface area contributed by atoms with Gasteiger partial charge >= 0.3 is 0 Å². The second kappa shape index (κ2) is 8.31. The van der Waals surface area contributed by atoms with Gasteiger partial charge in [0.05, 0.1) is 4.90 Å². The third-order valence-corrected chi connectivity index (χ3v) is 7.53. The van der Waals surface area contributed by atoms with Crippen LogP contribution < -0.4 is 4.72 Å². The third kappa shape index (κ3) is 4.29. The van der Waals surface area contributed by atoms with Crippen LogP contribution in [0.25, 0.3) is 10.8 Å². The van der Waals surface area contributed by atoms with Gasteiger partial charge in [-0.2, -0.15) is 11.3 Å². The second-order valence-corrected chi connectivity index (χ2v) is 9.82. The van der Waals surface area contributed by atoms with Crippen molar-refractivity contribution in [2.75, 3.05) is 39.8 Å². The summed E-state index contributed by atoms with van der Waals surface area (Å²) < 4.78 is 28.8. The highest BCUT2D eigenvalue weighted by atomic mass is 32.2. The molecule has 1 aliphatic heterocycles. The van der Waals surface area contributed by atoms with Crippen LogP contribution in [-0.4, -0.2) is 58.0 Å². The number of rotatable bonds is 6. The first-order chi connectivity index (χ1) is 13.5. The molecule has 1 saturated heterocycles. The zero-order chi connectivity index (χ0) is 19.6. The molecule has 1 N–H and O–H groups in total. The molecule has 0 saturated carbocycles. The number of nitrogens with zero attached hydrogens (tertiary/aromatic N) is 2. The minimum Gasteiger partial charge on any atom is -0.304 e. The van der Waals surface area contributed by atoms with Crippen molar-refractivity contribution in [2.24, 2.45) is 0 Å². The molecule has 5 nitrogen and oxygen atoms in total. The molecule has 148 valence electrons. The van der Waals surface area contributed by atoms with Crippen LogP contribution >= 0.6 is 11.3 Å². The van der Waals surface area contributed by atoms with Gasteiger partial charge in [-0.25, -0.2) is 13.1 Å². The summed E-state index contributed by atoms with van der Waals surface area (Å²) >= 11 is 1.65. The van der Waals surface area contributed by atoms with Crippen molar-refractivity contribution in [1.29, 1.82) is 0 Å². The first kappa shape index (κ1) is 19.5. The highest BCUT2D eigenvalue weighted by Gasteiger charge is 2.26. The Kier molecular flexibility index (Phi) is 5.80. The summed E-state index contributed by atoms with van der Waals surface area (Å²) in [6.45, 7) is 4.25. The van der Waals surface area contributed by atoms with E-state index >= 15 is 0 Å². The van der Waals surface area contributed by atoms with E-state index < -0.39 is 10.0 Å². The van der Waals surface area contributed by atoms with Crippen molar-refractivity contribution in [1.82, 2.24) is 14.5 Å². The van der Waals surface area contributed by atoms with Crippen LogP contribution in [0.5, 0.6) is 0 Å². The van der Waals surface area contributed by atoms with Gasteiger partial charge in [0, 0.05) is 38.8 Å². The Morgan fingerprint density at radius 3 is 2.50 bits per heavy atom. The number of piperazine rings is 1. The lowest BCUT2D eigenvalue weighted by Gasteiger charge is -2.37. The van der Waals surface area contributed by atoms with Gasteiger partial charge in [0.2, 0.25) is 10.0 Å². The summed E-state index contributed by atoms with van der Waals surface area (Å²) in [4.78, 5) is 5.00. The standard InChI is InChI=1S/C21H25N3O2S2/c1-23-9-11-24(12-10-23)21(19-8-13-27-16-19)15-22-28(25,26)20-7-6-17-4-2-3-5-18(17)14-20/h2-8,13-14,16,21-22H,9-12,15H2,1H3. The topological polar surface area (TPSA) is 52.6 Å². The van der Waals surface area contributed by atoms with Crippen LogP contribution in [0.1, 0.15) is 11.6 Å². The molecule has 28 heavy (non-hydrogen) atoms. The lowest BCUT2D eigenvalue weighted by molar-refractivity contribution is 0.113. The van der Waals surface area contributed by atoms with E-state index in [9.17, 15) is 8.42 Å². The maximum atomic E-state index is 12.9. The van der Waals surface area contributed by atoms with E-state index in [1.807, 2.05) is 30.3 Å². The molecule has 4 rings (SSSR count). The monoisotopic (exact) mass is 415 g/mol. The Hall–Kier alpha value is -1.77. The number of hydrogen-bond acceptors (Lipinski definition) is 5. The van der Waals surface area contributed by atoms with Gasteiger partial charge in [-0.3, -0.25) is 4.90 Å². The van der Waals surface area contributed by atoms with Gasteiger partial charge in [0.15, 0.2) is 0 Å². The summed E-state index contributed by atoms with van der Waals surface area (Å²) in [5.74, 6) is 0. The van der Waals surface area contributed by atoms with Crippen LogP contribution in [-0.2, 0) is 10.0 Å². The SMILES string of the molecule is CN1CCN(C(CNS(=O)(=O)c2ccc3ccccc3c2)c2ccsc2)CC1. The molecule has 7 heteroatoms. The molecule has 1 aromatic heterocycles. The first-order valence-corrected chi connectivity index (χ1v) is 11.9. The number of hydrogen-bond donors (Lipinski definition) is 1. The molecule has 0 bridgehead atoms. The summed E-state index contributed by atoms with van der Waals surface area (Å²) in [7, 11) is -1.45. The minimum atomic E-state index is -3.57. The molecule has 1 unspecified atom stereocenters. The van der Waals surface area contributed by atoms with Crippen molar-refractivity contribution in [3.05, 3.63) is 64.9 Å². The van der Waals surface area contributed by atoms with Gasteiger partial charge in [0.1, 0.15) is 0 Å². The molecule has 0 amide bonds. The van der Waals surface area contributed by atoms with E-state index in [4.69, 9.17) is 0 Å². The summed E-state index contributed by atoms with van der Waals surface area (Å²) in [5, 5.41) is 6.14. The van der Waals surface area contributed by atoms with Crippen molar-refractivity contribution in [3.63, 3.8) is 0 Å². The summed E-state index contributed by atoms with van der Waals surface area (Å²) in [6.07, 6.45) is 0. The summed E-state index contributed by atoms with van der Waals surface area (Å²) in [5.41, 5.74) is 1.18. The van der Waals surface area contributed by atoms with E-state index in [-0.39, 0.29) is 6.04 Å². The molecule has 1 aliphatic rings. The van der Waals surface area contributed by atoms with Crippen LogP contribution in [0.3, 0.4) is 0 Å². The molecule has 3 aromatic rings. The largest absolute Gasteiger partial charge is 0.304 e. The number of fused-ring (bicyclic) bond motifs is 1. The maximum absolute atomic E-state index is 12.9. The molecular weight excluding hydrogens is 390 g/mol. The zero-order valence-corrected chi connectivity index (χ0v) is 17.5. The Morgan fingerprint density at radius 1 is 1.04 bits per heavy atom. The molecule has 1 fully saturated rings. The number of thiophene rings is 1. The third-order valence-electron chi connectivity index (χ3n) is 5.40. The molecule has 0 spiro atoms. The van der Waals surface area contributed by atoms with Gasteiger partial charge in [-0.1, -0.05) is 30.3 Å². The Morgan fingerprint density at radius 2 is 1.79 bits per heavy atom. The van der Waals surface area contributed by atoms with E-state index in [1.54, 1.807) is 23.5 Å². The summed E-state index contributed by atoms with van der Waals surface area (Å²) in [6, 6.07) is 15.2. The van der Waals surface area contributed by atoms with Gasteiger partial charge in [-0.15, -0.1) is 0 Å². The molecular formula is C21H25N3O2S2. The molecule has 2 aromatic carbocycles. The molecule has 0 aliphatic carbocycles. The molecule has 0 radical (unpaired) electrons. The Balaban J connectivity index is 1.53. The van der Waals surface area contributed by atoms with Crippen molar-refractivity contribution >= 4 is 32.1 Å². The van der Waals surface area contributed by atoms with Crippen LogP contribution in [0, 0.1) is 0 Å². The quantitative estimate of drug-likeness (QED) is 0.672. The molecule has 1 atom stereocenters. The predicted octanol–water partition coefficient (Wildman–Crippen LogP) is 3.17. The van der Waals surface area contributed by atoms with Crippen molar-refractivity contribution < 1.29 is 8.42 Å². The van der Waals surface area contributed by atoms with Gasteiger partial charge < -0.3 is 4.90 Å². The van der Waals surface area contributed by atoms with Crippen LogP contribution in [0.4, 0.5) is 0 Å². The smallest absolute Gasteiger partial charge is 0.240 e. The number of likely N-dealkylation sites (N-methyl/N-ethyl adjacent to an activating group) is 1. The van der Waals surface area contributed by atoms with Crippen molar-refractivity contribution in [2.45, 2.75) is 10.9 Å².